The summed E-state index contributed by atoms with van der Waals surface area (Å²) >= 11 is 0. The molecule has 0 fully saturated rings. The van der Waals surface area contributed by atoms with Gasteiger partial charge in [-0.25, -0.2) is 0 Å². The molecule has 0 bridgehead atoms. The minimum absolute atomic E-state index is 0.0101. The monoisotopic (exact) mass is 264 g/mol. The van der Waals surface area contributed by atoms with Crippen molar-refractivity contribution in [2.45, 2.75) is 26.7 Å². The molecule has 0 heterocycles. The van der Waals surface area contributed by atoms with Crippen molar-refractivity contribution in [2.24, 2.45) is 5.16 Å². The molecule has 0 aliphatic rings. The Morgan fingerprint density at radius 3 is 2.63 bits per heavy atom. The van der Waals surface area contributed by atoms with E-state index in [9.17, 15) is 4.79 Å². The van der Waals surface area contributed by atoms with Crippen LogP contribution in [-0.2, 0) is 4.79 Å². The minimum atomic E-state index is -0.120. The van der Waals surface area contributed by atoms with Crippen molar-refractivity contribution in [3.8, 4) is 5.75 Å². The summed E-state index contributed by atoms with van der Waals surface area (Å²) < 4.78 is 5.35. The molecule has 0 unspecified atom stereocenters. The Bertz CT molecular complexity index is 427. The van der Waals surface area contributed by atoms with E-state index in [1.807, 2.05) is 0 Å². The number of amides is 1. The van der Waals surface area contributed by atoms with Gasteiger partial charge in [-0.2, -0.15) is 0 Å². The molecule has 5 nitrogen and oxygen atoms in total. The van der Waals surface area contributed by atoms with Crippen molar-refractivity contribution in [3.63, 3.8) is 0 Å². The van der Waals surface area contributed by atoms with Crippen LogP contribution < -0.4 is 10.1 Å². The number of hydrogen-bond donors (Lipinski definition) is 2. The quantitative estimate of drug-likeness (QED) is 0.343. The lowest BCUT2D eigenvalue weighted by atomic mass is 10.1. The summed E-state index contributed by atoms with van der Waals surface area (Å²) in [5.41, 5.74) is 1.34. The topological polar surface area (TPSA) is 70.9 Å². The largest absolute Gasteiger partial charge is 0.484 e. The predicted molar refractivity (Wildman–Crippen MR) is 73.9 cm³/mol. The normalized spacial score (nSPS) is 11.2. The molecule has 1 aromatic carbocycles. The maximum absolute atomic E-state index is 11.4. The van der Waals surface area contributed by atoms with Crippen LogP contribution in [-0.4, -0.2) is 30.0 Å². The summed E-state index contributed by atoms with van der Waals surface area (Å²) in [6, 6.07) is 7.03. The first kappa shape index (κ1) is 15.0. The van der Waals surface area contributed by atoms with Crippen LogP contribution in [0.1, 0.15) is 32.3 Å². The minimum Gasteiger partial charge on any atom is -0.484 e. The lowest BCUT2D eigenvalue weighted by Gasteiger charge is -2.07. The Morgan fingerprint density at radius 1 is 1.37 bits per heavy atom. The molecule has 19 heavy (non-hydrogen) atoms. The van der Waals surface area contributed by atoms with Crippen LogP contribution in [0.25, 0.3) is 0 Å². The van der Waals surface area contributed by atoms with E-state index < -0.39 is 0 Å². The molecule has 1 amide bonds. The molecule has 0 aromatic heterocycles. The average molecular weight is 264 g/mol. The SMILES string of the molecule is CCCCNC(=O)COc1ccc(C(C)=NO)cc1. The fourth-order valence-corrected chi connectivity index (χ4v) is 1.45. The van der Waals surface area contributed by atoms with Crippen molar-refractivity contribution >= 4 is 11.6 Å². The highest BCUT2D eigenvalue weighted by Gasteiger charge is 2.03. The van der Waals surface area contributed by atoms with Crippen molar-refractivity contribution in [2.75, 3.05) is 13.2 Å². The Morgan fingerprint density at radius 2 is 2.05 bits per heavy atom. The number of benzene rings is 1. The number of ether oxygens (including phenoxy) is 1. The molecule has 0 atom stereocenters. The van der Waals surface area contributed by atoms with E-state index in [0.29, 0.717) is 18.0 Å². The fraction of sp³-hybridized carbons (Fsp3) is 0.429. The van der Waals surface area contributed by atoms with Crippen molar-refractivity contribution < 1.29 is 14.7 Å². The second-order valence-electron chi connectivity index (χ2n) is 4.20. The second kappa shape index (κ2) is 8.13. The highest BCUT2D eigenvalue weighted by atomic mass is 16.5. The lowest BCUT2D eigenvalue weighted by molar-refractivity contribution is -0.123. The first-order valence-corrected chi connectivity index (χ1v) is 6.36. The molecular formula is C14H20N2O3. The van der Waals surface area contributed by atoms with E-state index >= 15 is 0 Å². The maximum atomic E-state index is 11.4. The molecule has 0 spiro atoms. The van der Waals surface area contributed by atoms with Gasteiger partial charge in [0.15, 0.2) is 6.61 Å². The van der Waals surface area contributed by atoms with Crippen LogP contribution in [0.2, 0.25) is 0 Å². The van der Waals surface area contributed by atoms with Crippen molar-refractivity contribution in [1.29, 1.82) is 0 Å². The molecular weight excluding hydrogens is 244 g/mol. The maximum Gasteiger partial charge on any atom is 0.257 e. The molecule has 0 radical (unpaired) electrons. The first-order chi connectivity index (χ1) is 9.17. The van der Waals surface area contributed by atoms with Gasteiger partial charge in [-0.15, -0.1) is 0 Å². The van der Waals surface area contributed by atoms with E-state index in [-0.39, 0.29) is 12.5 Å². The second-order valence-corrected chi connectivity index (χ2v) is 4.20. The van der Waals surface area contributed by atoms with Gasteiger partial charge in [0.25, 0.3) is 5.91 Å². The summed E-state index contributed by atoms with van der Waals surface area (Å²) in [4.78, 5) is 11.4. The molecule has 1 rings (SSSR count). The van der Waals surface area contributed by atoms with Crippen LogP contribution in [0.4, 0.5) is 0 Å². The van der Waals surface area contributed by atoms with E-state index in [4.69, 9.17) is 9.94 Å². The number of nitrogens with one attached hydrogen (secondary N) is 1. The Labute approximate surface area is 113 Å². The Kier molecular flexibility index (Phi) is 6.43. The zero-order valence-corrected chi connectivity index (χ0v) is 11.3. The van der Waals surface area contributed by atoms with Crippen LogP contribution in [0.3, 0.4) is 0 Å². The standard InChI is InChI=1S/C14H20N2O3/c1-3-4-9-15-14(17)10-19-13-7-5-12(6-8-13)11(2)16-18/h5-8,18H,3-4,9-10H2,1-2H3,(H,15,17). The number of carbonyl (C=O) groups excluding carboxylic acids is 1. The molecule has 5 heteroatoms. The lowest BCUT2D eigenvalue weighted by Crippen LogP contribution is -2.29. The first-order valence-electron chi connectivity index (χ1n) is 6.36. The van der Waals surface area contributed by atoms with Crippen LogP contribution in [0.15, 0.2) is 29.4 Å². The van der Waals surface area contributed by atoms with Gasteiger partial charge in [0, 0.05) is 6.54 Å². The zero-order chi connectivity index (χ0) is 14.1. The molecule has 0 saturated heterocycles. The van der Waals surface area contributed by atoms with Gasteiger partial charge in [-0.1, -0.05) is 18.5 Å². The molecule has 0 aliphatic heterocycles. The third-order valence-electron chi connectivity index (χ3n) is 2.64. The van der Waals surface area contributed by atoms with Gasteiger partial charge in [-0.05, 0) is 43.2 Å². The molecule has 1 aromatic rings. The summed E-state index contributed by atoms with van der Waals surface area (Å²) in [5, 5.41) is 14.5. The van der Waals surface area contributed by atoms with Crippen LogP contribution in [0.5, 0.6) is 5.75 Å². The van der Waals surface area contributed by atoms with Gasteiger partial charge >= 0.3 is 0 Å². The number of rotatable bonds is 7. The fourth-order valence-electron chi connectivity index (χ4n) is 1.45. The highest BCUT2D eigenvalue weighted by molar-refractivity contribution is 5.98. The third kappa shape index (κ3) is 5.42. The molecule has 0 aliphatic carbocycles. The van der Waals surface area contributed by atoms with Crippen LogP contribution >= 0.6 is 0 Å². The Hall–Kier alpha value is -2.04. The average Bonchev–Trinajstić information content (AvgIpc) is 2.45. The predicted octanol–water partition coefficient (Wildman–Crippen LogP) is 2.18. The van der Waals surface area contributed by atoms with Gasteiger partial charge in [0.05, 0.1) is 5.71 Å². The number of hydrogen-bond acceptors (Lipinski definition) is 4. The van der Waals surface area contributed by atoms with Gasteiger partial charge < -0.3 is 15.3 Å². The van der Waals surface area contributed by atoms with E-state index in [2.05, 4.69) is 17.4 Å². The zero-order valence-electron chi connectivity index (χ0n) is 11.3. The molecule has 104 valence electrons. The summed E-state index contributed by atoms with van der Waals surface area (Å²) in [6.45, 7) is 4.47. The number of carbonyl (C=O) groups is 1. The number of nitrogens with zero attached hydrogens (tertiary/aromatic N) is 1. The van der Waals surface area contributed by atoms with Gasteiger partial charge in [-0.3, -0.25) is 4.79 Å². The smallest absolute Gasteiger partial charge is 0.257 e. The Balaban J connectivity index is 2.39. The summed E-state index contributed by atoms with van der Waals surface area (Å²) in [6.07, 6.45) is 2.02. The van der Waals surface area contributed by atoms with Crippen molar-refractivity contribution in [3.05, 3.63) is 29.8 Å². The summed E-state index contributed by atoms with van der Waals surface area (Å²) in [7, 11) is 0. The van der Waals surface area contributed by atoms with Crippen LogP contribution in [0, 0.1) is 0 Å². The molecule has 0 saturated carbocycles. The van der Waals surface area contributed by atoms with Gasteiger partial charge in [0.1, 0.15) is 5.75 Å². The van der Waals surface area contributed by atoms with E-state index in [0.717, 1.165) is 18.4 Å². The number of unbranched alkanes of at least 4 members (excludes halogenated alkanes) is 1. The van der Waals surface area contributed by atoms with E-state index in [1.165, 1.54) is 0 Å². The third-order valence-corrected chi connectivity index (χ3v) is 2.64. The van der Waals surface area contributed by atoms with Gasteiger partial charge in [0.2, 0.25) is 0 Å². The summed E-state index contributed by atoms with van der Waals surface area (Å²) in [5.74, 6) is 0.491. The molecule has 2 N–H and O–H groups in total. The number of oxime groups is 1. The van der Waals surface area contributed by atoms with Crippen molar-refractivity contribution in [1.82, 2.24) is 5.32 Å². The van der Waals surface area contributed by atoms with E-state index in [1.54, 1.807) is 31.2 Å². The highest BCUT2D eigenvalue weighted by Crippen LogP contribution is 2.12.